The van der Waals surface area contributed by atoms with E-state index in [-0.39, 0.29) is 5.69 Å². The van der Waals surface area contributed by atoms with Crippen LogP contribution in [0, 0.1) is 0 Å². The molecule has 84 valence electrons. The van der Waals surface area contributed by atoms with E-state index in [2.05, 4.69) is 0 Å². The molecule has 1 heterocycles. The molecule has 1 rings (SSSR count). The Kier molecular flexibility index (Phi) is 3.71. The third-order valence-corrected chi connectivity index (χ3v) is 2.51. The second-order valence-electron chi connectivity index (χ2n) is 3.27. The summed E-state index contributed by atoms with van der Waals surface area (Å²) >= 11 is 16.5. The molecule has 0 amide bonds. The highest BCUT2D eigenvalue weighted by molar-refractivity contribution is 6.77. The summed E-state index contributed by atoms with van der Waals surface area (Å²) in [6, 6.07) is 1.51. The smallest absolute Gasteiger partial charge is 0.255 e. The van der Waals surface area contributed by atoms with Gasteiger partial charge in [0.25, 0.3) is 3.79 Å². The van der Waals surface area contributed by atoms with Gasteiger partial charge < -0.3 is 9.67 Å². The van der Waals surface area contributed by atoms with Gasteiger partial charge in [0.15, 0.2) is 0 Å². The van der Waals surface area contributed by atoms with Crippen LogP contribution in [0.1, 0.15) is 29.1 Å². The minimum atomic E-state index is -1.97. The maximum Gasteiger partial charge on any atom is 0.255 e. The van der Waals surface area contributed by atoms with Crippen molar-refractivity contribution in [2.45, 2.75) is 16.8 Å². The molecule has 0 unspecified atom stereocenters. The molecule has 0 bridgehead atoms. The van der Waals surface area contributed by atoms with E-state index in [1.807, 2.05) is 0 Å². The van der Waals surface area contributed by atoms with Crippen LogP contribution < -0.4 is 0 Å². The molecule has 0 saturated heterocycles. The monoisotopic (exact) mass is 269 g/mol. The molecule has 1 aromatic rings. The predicted octanol–water partition coefficient (Wildman–Crippen LogP) is 2.63. The first-order valence-electron chi connectivity index (χ1n) is 4.19. The summed E-state index contributed by atoms with van der Waals surface area (Å²) in [4.78, 5) is 11.6. The summed E-state index contributed by atoms with van der Waals surface area (Å²) in [7, 11) is 1.65. The van der Waals surface area contributed by atoms with Gasteiger partial charge in [0.1, 0.15) is 0 Å². The first-order chi connectivity index (χ1) is 6.73. The zero-order chi connectivity index (χ0) is 11.8. The lowest BCUT2D eigenvalue weighted by atomic mass is 10.2. The SMILES string of the molecule is C[C@@H](O)c1cc(C(=O)C(Cl)(Cl)Cl)n(C)c1. The lowest BCUT2D eigenvalue weighted by molar-refractivity contribution is 0.0988. The number of carbonyl (C=O) groups excluding carboxylic acids is 1. The van der Waals surface area contributed by atoms with Crippen LogP contribution in [0.15, 0.2) is 12.3 Å². The van der Waals surface area contributed by atoms with E-state index in [1.54, 1.807) is 20.2 Å². The van der Waals surface area contributed by atoms with E-state index in [1.165, 1.54) is 10.6 Å². The van der Waals surface area contributed by atoms with Crippen molar-refractivity contribution in [1.82, 2.24) is 4.57 Å². The number of aliphatic hydroxyl groups excluding tert-OH is 1. The summed E-state index contributed by atoms with van der Waals surface area (Å²) in [5.74, 6) is -0.609. The number of rotatable bonds is 2. The molecule has 3 nitrogen and oxygen atoms in total. The van der Waals surface area contributed by atoms with E-state index in [4.69, 9.17) is 34.8 Å². The lowest BCUT2D eigenvalue weighted by Gasteiger charge is -2.09. The summed E-state index contributed by atoms with van der Waals surface area (Å²) in [5.41, 5.74) is 0.862. The minimum Gasteiger partial charge on any atom is -0.389 e. The molecule has 1 atom stereocenters. The molecule has 6 heteroatoms. The van der Waals surface area contributed by atoms with Gasteiger partial charge in [-0.25, -0.2) is 0 Å². The van der Waals surface area contributed by atoms with Crippen LogP contribution in [-0.2, 0) is 7.05 Å². The maximum atomic E-state index is 11.6. The molecule has 1 N–H and O–H groups in total. The van der Waals surface area contributed by atoms with Gasteiger partial charge in [-0.2, -0.15) is 0 Å². The number of aliphatic hydroxyl groups is 1. The second kappa shape index (κ2) is 4.34. The number of alkyl halides is 3. The van der Waals surface area contributed by atoms with E-state index in [0.717, 1.165) is 0 Å². The number of hydrogen-bond acceptors (Lipinski definition) is 2. The number of Topliss-reactive ketones (excluding diaryl/α,β-unsaturated/α-hetero) is 1. The molecule has 1 aromatic heterocycles. The fraction of sp³-hybridized carbons (Fsp3) is 0.444. The summed E-state index contributed by atoms with van der Waals surface area (Å²) < 4.78 is -0.450. The quantitative estimate of drug-likeness (QED) is 0.663. The van der Waals surface area contributed by atoms with E-state index in [9.17, 15) is 9.90 Å². The van der Waals surface area contributed by atoms with E-state index < -0.39 is 15.7 Å². The van der Waals surface area contributed by atoms with Gasteiger partial charge in [-0.3, -0.25) is 4.79 Å². The lowest BCUT2D eigenvalue weighted by Crippen LogP contribution is -2.21. The first-order valence-corrected chi connectivity index (χ1v) is 5.32. The van der Waals surface area contributed by atoms with Crippen LogP contribution >= 0.6 is 34.8 Å². The molecule has 0 spiro atoms. The number of hydrogen-bond donors (Lipinski definition) is 1. The van der Waals surface area contributed by atoms with Crippen molar-refractivity contribution in [3.8, 4) is 0 Å². The maximum absolute atomic E-state index is 11.6. The van der Waals surface area contributed by atoms with Gasteiger partial charge in [-0.1, -0.05) is 34.8 Å². The molecule has 0 saturated carbocycles. The third kappa shape index (κ3) is 2.88. The van der Waals surface area contributed by atoms with Gasteiger partial charge in [-0.05, 0) is 18.6 Å². The van der Waals surface area contributed by atoms with E-state index >= 15 is 0 Å². The Morgan fingerprint density at radius 1 is 1.53 bits per heavy atom. The predicted molar refractivity (Wildman–Crippen MR) is 60.7 cm³/mol. The Balaban J connectivity index is 3.11. The minimum absolute atomic E-state index is 0.255. The van der Waals surface area contributed by atoms with Gasteiger partial charge in [0.05, 0.1) is 11.8 Å². The largest absolute Gasteiger partial charge is 0.389 e. The van der Waals surface area contributed by atoms with Crippen molar-refractivity contribution in [2.24, 2.45) is 7.05 Å². The highest BCUT2D eigenvalue weighted by Crippen LogP contribution is 2.31. The zero-order valence-corrected chi connectivity index (χ0v) is 10.4. The molecule has 0 aliphatic rings. The molecule has 0 aliphatic heterocycles. The van der Waals surface area contributed by atoms with Crippen LogP contribution in [0.2, 0.25) is 0 Å². The number of aromatic nitrogens is 1. The van der Waals surface area contributed by atoms with Crippen molar-refractivity contribution < 1.29 is 9.90 Å². The fourth-order valence-corrected chi connectivity index (χ4v) is 1.48. The Morgan fingerprint density at radius 2 is 2.07 bits per heavy atom. The third-order valence-electron chi connectivity index (χ3n) is 2.00. The molecule has 0 aromatic carbocycles. The highest BCUT2D eigenvalue weighted by Gasteiger charge is 2.33. The molecule has 0 radical (unpaired) electrons. The number of nitrogens with zero attached hydrogens (tertiary/aromatic N) is 1. The van der Waals surface area contributed by atoms with Crippen molar-refractivity contribution >= 4 is 40.6 Å². The van der Waals surface area contributed by atoms with Crippen molar-refractivity contribution in [1.29, 1.82) is 0 Å². The van der Waals surface area contributed by atoms with Crippen LogP contribution in [-0.4, -0.2) is 19.2 Å². The first kappa shape index (κ1) is 12.8. The molecular weight excluding hydrogens is 260 g/mol. The normalized spacial score (nSPS) is 14.0. The highest BCUT2D eigenvalue weighted by atomic mass is 35.6. The average molecular weight is 271 g/mol. The Labute approximate surface area is 103 Å². The van der Waals surface area contributed by atoms with Crippen molar-refractivity contribution in [2.75, 3.05) is 0 Å². The van der Waals surface area contributed by atoms with Crippen LogP contribution in [0.25, 0.3) is 0 Å². The number of aryl methyl sites for hydroxylation is 1. The number of halogens is 3. The standard InChI is InChI=1S/C9H10Cl3NO2/c1-5(14)6-3-7(13(2)4-6)8(15)9(10,11)12/h3-5,14H,1-2H3/t5-/m1/s1. The van der Waals surface area contributed by atoms with Gasteiger partial charge in [-0.15, -0.1) is 0 Å². The summed E-state index contributed by atoms with van der Waals surface area (Å²) in [6.07, 6.45) is 0.960. The van der Waals surface area contributed by atoms with Crippen molar-refractivity contribution in [3.63, 3.8) is 0 Å². The molecule has 0 fully saturated rings. The van der Waals surface area contributed by atoms with Crippen LogP contribution in [0.3, 0.4) is 0 Å². The average Bonchev–Trinajstić information content (AvgIpc) is 2.44. The van der Waals surface area contributed by atoms with Crippen LogP contribution in [0.5, 0.6) is 0 Å². The Morgan fingerprint density at radius 3 is 2.40 bits per heavy atom. The number of ketones is 1. The summed E-state index contributed by atoms with van der Waals surface area (Å²) in [6.45, 7) is 1.60. The van der Waals surface area contributed by atoms with Crippen LogP contribution in [0.4, 0.5) is 0 Å². The second-order valence-corrected chi connectivity index (χ2v) is 5.55. The summed E-state index contributed by atoms with van der Waals surface area (Å²) in [5, 5.41) is 9.32. The van der Waals surface area contributed by atoms with Gasteiger partial charge in [0.2, 0.25) is 5.78 Å². The van der Waals surface area contributed by atoms with E-state index in [0.29, 0.717) is 5.56 Å². The van der Waals surface area contributed by atoms with Gasteiger partial charge >= 0.3 is 0 Å². The molecular formula is C9H10Cl3NO2. The van der Waals surface area contributed by atoms with Gasteiger partial charge in [0, 0.05) is 13.2 Å². The zero-order valence-electron chi connectivity index (χ0n) is 8.17. The number of carbonyl (C=O) groups is 1. The van der Waals surface area contributed by atoms with Crippen molar-refractivity contribution in [3.05, 3.63) is 23.5 Å². The Hall–Kier alpha value is -0.220. The molecule has 0 aliphatic carbocycles. The Bertz CT molecular complexity index is 379. The molecule has 15 heavy (non-hydrogen) atoms. The topological polar surface area (TPSA) is 42.2 Å². The fourth-order valence-electron chi connectivity index (χ4n) is 1.19.